The van der Waals surface area contributed by atoms with Gasteiger partial charge < -0.3 is 0 Å². The van der Waals surface area contributed by atoms with E-state index in [9.17, 15) is 4.79 Å². The van der Waals surface area contributed by atoms with E-state index in [1.807, 2.05) is 0 Å². The lowest BCUT2D eigenvalue weighted by molar-refractivity contribution is 0.101. The molecule has 1 heterocycles. The van der Waals surface area contributed by atoms with Crippen LogP contribution >= 0.6 is 11.8 Å². The lowest BCUT2D eigenvalue weighted by Crippen LogP contribution is -2.10. The largest absolute Gasteiger partial charge is 0.291 e. The molecule has 1 rings (SSSR count). The summed E-state index contributed by atoms with van der Waals surface area (Å²) in [4.78, 5) is 11.5. The standard InChI is InChI=1S/C8H13N3OS/c1-6(2)13-5-8(12)7-4-9-10-11(7)3/h4,6H,5H2,1-3H3. The first-order valence-corrected chi connectivity index (χ1v) is 5.15. The minimum absolute atomic E-state index is 0.0891. The van der Waals surface area contributed by atoms with Crippen LogP contribution in [0.15, 0.2) is 6.20 Å². The summed E-state index contributed by atoms with van der Waals surface area (Å²) in [6.45, 7) is 4.14. The molecule has 13 heavy (non-hydrogen) atoms. The Labute approximate surface area is 81.7 Å². The zero-order valence-electron chi connectivity index (χ0n) is 8.02. The van der Waals surface area contributed by atoms with Gasteiger partial charge in [-0.15, -0.1) is 5.10 Å². The van der Waals surface area contributed by atoms with Gasteiger partial charge in [0.2, 0.25) is 0 Å². The zero-order chi connectivity index (χ0) is 9.84. The van der Waals surface area contributed by atoms with E-state index in [1.165, 1.54) is 10.9 Å². The number of aromatic nitrogens is 3. The molecule has 1 aromatic rings. The van der Waals surface area contributed by atoms with Crippen molar-refractivity contribution in [3.63, 3.8) is 0 Å². The van der Waals surface area contributed by atoms with Crippen LogP contribution in [0.3, 0.4) is 0 Å². The summed E-state index contributed by atoms with van der Waals surface area (Å²) in [6.07, 6.45) is 1.50. The third kappa shape index (κ3) is 2.84. The molecule has 0 spiro atoms. The van der Waals surface area contributed by atoms with Crippen LogP contribution < -0.4 is 0 Å². The number of thioether (sulfide) groups is 1. The smallest absolute Gasteiger partial charge is 0.192 e. The summed E-state index contributed by atoms with van der Waals surface area (Å²) in [5.41, 5.74) is 0.577. The molecular weight excluding hydrogens is 186 g/mol. The molecule has 0 aromatic carbocycles. The zero-order valence-corrected chi connectivity index (χ0v) is 8.84. The Balaban J connectivity index is 2.54. The van der Waals surface area contributed by atoms with Crippen LogP contribution in [0.25, 0.3) is 0 Å². The number of Topliss-reactive ketones (excluding diaryl/α,β-unsaturated/α-hetero) is 1. The van der Waals surface area contributed by atoms with Gasteiger partial charge >= 0.3 is 0 Å². The van der Waals surface area contributed by atoms with E-state index in [0.29, 0.717) is 16.7 Å². The molecule has 72 valence electrons. The minimum Gasteiger partial charge on any atom is -0.291 e. The molecule has 1 aromatic heterocycles. The number of aryl methyl sites for hydroxylation is 1. The third-order valence-corrected chi connectivity index (χ3v) is 2.64. The van der Waals surface area contributed by atoms with Crippen molar-refractivity contribution in [1.82, 2.24) is 15.0 Å². The van der Waals surface area contributed by atoms with Gasteiger partial charge in [-0.3, -0.25) is 4.79 Å². The highest BCUT2D eigenvalue weighted by Crippen LogP contribution is 2.11. The highest BCUT2D eigenvalue weighted by Gasteiger charge is 2.11. The SMILES string of the molecule is CC(C)SCC(=O)c1cnnn1C. The Morgan fingerprint density at radius 1 is 1.69 bits per heavy atom. The molecule has 0 saturated heterocycles. The number of carbonyl (C=O) groups excluding carboxylic acids is 1. The minimum atomic E-state index is 0.0891. The van der Waals surface area contributed by atoms with Gasteiger partial charge in [-0.25, -0.2) is 4.68 Å². The lowest BCUT2D eigenvalue weighted by atomic mass is 10.3. The normalized spacial score (nSPS) is 10.8. The molecule has 0 saturated carbocycles. The number of rotatable bonds is 4. The number of carbonyl (C=O) groups is 1. The van der Waals surface area contributed by atoms with Gasteiger partial charge in [0.05, 0.1) is 11.9 Å². The van der Waals surface area contributed by atoms with E-state index < -0.39 is 0 Å². The highest BCUT2D eigenvalue weighted by atomic mass is 32.2. The quantitative estimate of drug-likeness (QED) is 0.682. The predicted octanol–water partition coefficient (Wildman–Crippen LogP) is 1.14. The van der Waals surface area contributed by atoms with Crippen molar-refractivity contribution in [1.29, 1.82) is 0 Å². The number of hydrogen-bond donors (Lipinski definition) is 0. The fraction of sp³-hybridized carbons (Fsp3) is 0.625. The summed E-state index contributed by atoms with van der Waals surface area (Å²) >= 11 is 1.63. The second-order valence-corrected chi connectivity index (χ2v) is 4.59. The molecule has 0 aliphatic rings. The van der Waals surface area contributed by atoms with Crippen LogP contribution in [0, 0.1) is 0 Å². The number of nitrogens with zero attached hydrogens (tertiary/aromatic N) is 3. The number of hydrogen-bond acceptors (Lipinski definition) is 4. The molecule has 0 aliphatic carbocycles. The van der Waals surface area contributed by atoms with Crippen LogP contribution in [0.5, 0.6) is 0 Å². The van der Waals surface area contributed by atoms with Crippen LogP contribution in [0.1, 0.15) is 24.3 Å². The van der Waals surface area contributed by atoms with Gasteiger partial charge in [0.15, 0.2) is 5.78 Å². The fourth-order valence-electron chi connectivity index (χ4n) is 0.858. The Kier molecular flexibility index (Phi) is 3.48. The van der Waals surface area contributed by atoms with Crippen molar-refractivity contribution < 1.29 is 4.79 Å². The summed E-state index contributed by atoms with van der Waals surface area (Å²) < 4.78 is 1.50. The Morgan fingerprint density at radius 3 is 2.85 bits per heavy atom. The first-order valence-electron chi connectivity index (χ1n) is 4.10. The fourth-order valence-corrected chi connectivity index (χ4v) is 1.49. The van der Waals surface area contributed by atoms with E-state index in [1.54, 1.807) is 18.8 Å². The van der Waals surface area contributed by atoms with Crippen molar-refractivity contribution in [2.75, 3.05) is 5.75 Å². The lowest BCUT2D eigenvalue weighted by Gasteiger charge is -2.02. The summed E-state index contributed by atoms with van der Waals surface area (Å²) in [6, 6.07) is 0. The molecule has 5 heteroatoms. The summed E-state index contributed by atoms with van der Waals surface area (Å²) in [5.74, 6) is 0.588. The maximum absolute atomic E-state index is 11.5. The molecule has 0 unspecified atom stereocenters. The molecule has 0 N–H and O–H groups in total. The second-order valence-electron chi connectivity index (χ2n) is 3.03. The van der Waals surface area contributed by atoms with E-state index in [-0.39, 0.29) is 5.78 Å². The topological polar surface area (TPSA) is 47.8 Å². The van der Waals surface area contributed by atoms with Gasteiger partial charge in [0, 0.05) is 7.05 Å². The van der Waals surface area contributed by atoms with E-state index in [2.05, 4.69) is 24.2 Å². The van der Waals surface area contributed by atoms with Gasteiger partial charge in [0.1, 0.15) is 5.69 Å². The molecular formula is C8H13N3OS. The van der Waals surface area contributed by atoms with Gasteiger partial charge in [-0.1, -0.05) is 19.1 Å². The van der Waals surface area contributed by atoms with Crippen molar-refractivity contribution >= 4 is 17.5 Å². The third-order valence-electron chi connectivity index (χ3n) is 1.55. The van der Waals surface area contributed by atoms with Crippen molar-refractivity contribution in [3.05, 3.63) is 11.9 Å². The Hall–Kier alpha value is -0.840. The van der Waals surface area contributed by atoms with Crippen molar-refractivity contribution in [2.24, 2.45) is 7.05 Å². The van der Waals surface area contributed by atoms with Crippen LogP contribution in [-0.2, 0) is 7.05 Å². The van der Waals surface area contributed by atoms with Gasteiger partial charge in [-0.05, 0) is 5.25 Å². The van der Waals surface area contributed by atoms with Crippen LogP contribution in [-0.4, -0.2) is 31.8 Å². The maximum atomic E-state index is 11.5. The average Bonchev–Trinajstić information content (AvgIpc) is 2.47. The van der Waals surface area contributed by atoms with Crippen LogP contribution in [0.2, 0.25) is 0 Å². The molecule has 0 bridgehead atoms. The molecule has 4 nitrogen and oxygen atoms in total. The van der Waals surface area contributed by atoms with Crippen molar-refractivity contribution in [2.45, 2.75) is 19.1 Å². The Morgan fingerprint density at radius 2 is 2.38 bits per heavy atom. The molecule has 0 atom stereocenters. The average molecular weight is 199 g/mol. The van der Waals surface area contributed by atoms with Crippen molar-refractivity contribution in [3.8, 4) is 0 Å². The second kappa shape index (κ2) is 4.41. The van der Waals surface area contributed by atoms with Crippen LogP contribution in [0.4, 0.5) is 0 Å². The summed E-state index contributed by atoms with van der Waals surface area (Å²) in [7, 11) is 1.72. The Bertz CT molecular complexity index is 295. The molecule has 0 aliphatic heterocycles. The predicted molar refractivity (Wildman–Crippen MR) is 52.9 cm³/mol. The van der Waals surface area contributed by atoms with E-state index in [0.717, 1.165) is 0 Å². The maximum Gasteiger partial charge on any atom is 0.192 e. The van der Waals surface area contributed by atoms with Gasteiger partial charge in [-0.2, -0.15) is 11.8 Å². The highest BCUT2D eigenvalue weighted by molar-refractivity contribution is 8.00. The molecule has 0 fully saturated rings. The van der Waals surface area contributed by atoms with E-state index in [4.69, 9.17) is 0 Å². The monoisotopic (exact) mass is 199 g/mol. The first-order chi connectivity index (χ1) is 6.11. The molecule has 0 radical (unpaired) electrons. The summed E-state index contributed by atoms with van der Waals surface area (Å²) in [5, 5.41) is 7.83. The first kappa shape index (κ1) is 10.2. The van der Waals surface area contributed by atoms with E-state index >= 15 is 0 Å². The van der Waals surface area contributed by atoms with Gasteiger partial charge in [0.25, 0.3) is 0 Å². The number of ketones is 1. The molecule has 0 amide bonds.